The summed E-state index contributed by atoms with van der Waals surface area (Å²) in [5, 5.41) is 13.0. The zero-order valence-corrected chi connectivity index (χ0v) is 17.5. The number of amides is 1. The van der Waals surface area contributed by atoms with Crippen molar-refractivity contribution in [2.75, 3.05) is 38.6 Å². The Kier molecular flexibility index (Phi) is 6.56. The first kappa shape index (κ1) is 21.3. The van der Waals surface area contributed by atoms with Crippen molar-refractivity contribution in [3.05, 3.63) is 59.7 Å². The van der Waals surface area contributed by atoms with Crippen LogP contribution in [0.4, 0.5) is 5.69 Å². The molecular formula is C21H27N3O4S. The van der Waals surface area contributed by atoms with E-state index in [0.717, 1.165) is 18.5 Å². The number of sulfonamides is 1. The number of aliphatic hydroxyl groups is 1. The highest BCUT2D eigenvalue weighted by Gasteiger charge is 2.27. The van der Waals surface area contributed by atoms with E-state index in [-0.39, 0.29) is 17.3 Å². The first-order chi connectivity index (χ1) is 13.8. The van der Waals surface area contributed by atoms with Crippen LogP contribution < -0.4 is 10.2 Å². The first-order valence-corrected chi connectivity index (χ1v) is 11.1. The molecule has 1 unspecified atom stereocenters. The monoisotopic (exact) mass is 417 g/mol. The largest absolute Gasteiger partial charge is 0.387 e. The molecular weight excluding hydrogens is 390 g/mol. The summed E-state index contributed by atoms with van der Waals surface area (Å²) < 4.78 is 26.6. The Morgan fingerprint density at radius 3 is 2.21 bits per heavy atom. The molecule has 1 fully saturated rings. The highest BCUT2D eigenvalue weighted by Crippen LogP contribution is 2.21. The molecule has 2 N–H and O–H groups in total. The van der Waals surface area contributed by atoms with Gasteiger partial charge in [-0.15, -0.1) is 0 Å². The van der Waals surface area contributed by atoms with Crippen molar-refractivity contribution < 1.29 is 18.3 Å². The molecule has 1 aliphatic heterocycles. The van der Waals surface area contributed by atoms with Crippen molar-refractivity contribution in [1.82, 2.24) is 9.62 Å². The van der Waals surface area contributed by atoms with Crippen LogP contribution in [0, 0.1) is 0 Å². The quantitative estimate of drug-likeness (QED) is 0.719. The standard InChI is InChI=1S/C21H27N3O4S/c1-23(2)18-9-5-16(6-10-18)20(25)15-22-21(26)17-7-11-19(12-8-17)29(27,28)24-13-3-4-14-24/h5-12,20,25H,3-4,13-15H2,1-2H3,(H,22,26). The van der Waals surface area contributed by atoms with Crippen molar-refractivity contribution in [1.29, 1.82) is 0 Å². The average molecular weight is 418 g/mol. The van der Waals surface area contributed by atoms with Crippen LogP contribution in [0.5, 0.6) is 0 Å². The number of aliphatic hydroxyl groups excluding tert-OH is 1. The van der Waals surface area contributed by atoms with E-state index in [1.807, 2.05) is 43.3 Å². The molecule has 1 heterocycles. The summed E-state index contributed by atoms with van der Waals surface area (Å²) >= 11 is 0. The van der Waals surface area contributed by atoms with Gasteiger partial charge in [0.15, 0.2) is 0 Å². The maximum Gasteiger partial charge on any atom is 0.251 e. The average Bonchev–Trinajstić information content (AvgIpc) is 3.27. The van der Waals surface area contributed by atoms with Crippen LogP contribution in [-0.2, 0) is 10.0 Å². The van der Waals surface area contributed by atoms with Crippen LogP contribution in [0.1, 0.15) is 34.9 Å². The smallest absolute Gasteiger partial charge is 0.251 e. The van der Waals surface area contributed by atoms with Gasteiger partial charge in [0.05, 0.1) is 11.0 Å². The van der Waals surface area contributed by atoms with E-state index in [1.165, 1.54) is 28.6 Å². The zero-order chi connectivity index (χ0) is 21.0. The third kappa shape index (κ3) is 4.95. The van der Waals surface area contributed by atoms with Crippen molar-refractivity contribution in [3.63, 3.8) is 0 Å². The summed E-state index contributed by atoms with van der Waals surface area (Å²) in [5.41, 5.74) is 2.08. The summed E-state index contributed by atoms with van der Waals surface area (Å²) in [6.07, 6.45) is 0.921. The molecule has 1 saturated heterocycles. The highest BCUT2D eigenvalue weighted by atomic mass is 32.2. The van der Waals surface area contributed by atoms with Gasteiger partial charge in [0.25, 0.3) is 5.91 Å². The second-order valence-electron chi connectivity index (χ2n) is 7.35. The Morgan fingerprint density at radius 2 is 1.66 bits per heavy atom. The van der Waals surface area contributed by atoms with Gasteiger partial charge in [-0.05, 0) is 54.8 Å². The molecule has 1 amide bonds. The van der Waals surface area contributed by atoms with Crippen LogP contribution >= 0.6 is 0 Å². The summed E-state index contributed by atoms with van der Waals surface area (Å²) in [4.78, 5) is 14.5. The molecule has 1 atom stereocenters. The number of rotatable bonds is 7. The van der Waals surface area contributed by atoms with Gasteiger partial charge in [0.1, 0.15) is 0 Å². The summed E-state index contributed by atoms with van der Waals surface area (Å²) in [7, 11) is 0.381. The molecule has 0 radical (unpaired) electrons. The molecule has 0 aliphatic carbocycles. The van der Waals surface area contributed by atoms with Crippen LogP contribution in [0.2, 0.25) is 0 Å². The Balaban J connectivity index is 1.59. The summed E-state index contributed by atoms with van der Waals surface area (Å²) in [6.45, 7) is 1.14. The van der Waals surface area contributed by atoms with Crippen molar-refractivity contribution >= 4 is 21.6 Å². The van der Waals surface area contributed by atoms with Crippen LogP contribution in [0.25, 0.3) is 0 Å². The Bertz CT molecular complexity index is 935. The fourth-order valence-corrected chi connectivity index (χ4v) is 4.78. The van der Waals surface area contributed by atoms with Gasteiger partial charge in [-0.2, -0.15) is 4.31 Å². The molecule has 0 aromatic heterocycles. The van der Waals surface area contributed by atoms with E-state index >= 15 is 0 Å². The lowest BCUT2D eigenvalue weighted by Crippen LogP contribution is -2.29. The number of hydrogen-bond donors (Lipinski definition) is 2. The van der Waals surface area contributed by atoms with Crippen LogP contribution in [0.3, 0.4) is 0 Å². The van der Waals surface area contributed by atoms with Gasteiger partial charge in [-0.3, -0.25) is 4.79 Å². The fourth-order valence-electron chi connectivity index (χ4n) is 3.26. The van der Waals surface area contributed by atoms with Crippen LogP contribution in [0.15, 0.2) is 53.4 Å². The predicted octanol–water partition coefficient (Wildman–Crippen LogP) is 2.00. The molecule has 2 aromatic carbocycles. The second-order valence-corrected chi connectivity index (χ2v) is 9.29. The minimum absolute atomic E-state index is 0.0635. The van der Waals surface area contributed by atoms with E-state index < -0.39 is 16.1 Å². The molecule has 1 aliphatic rings. The van der Waals surface area contributed by atoms with Gasteiger partial charge in [0, 0.05) is 45.0 Å². The van der Waals surface area contributed by atoms with E-state index in [1.54, 1.807) is 0 Å². The van der Waals surface area contributed by atoms with Gasteiger partial charge in [-0.25, -0.2) is 8.42 Å². The van der Waals surface area contributed by atoms with E-state index in [2.05, 4.69) is 5.32 Å². The minimum atomic E-state index is -3.49. The molecule has 156 valence electrons. The maximum absolute atomic E-state index is 12.5. The van der Waals surface area contributed by atoms with E-state index in [9.17, 15) is 18.3 Å². The Hall–Kier alpha value is -2.42. The number of carbonyl (C=O) groups is 1. The molecule has 7 nitrogen and oxygen atoms in total. The zero-order valence-electron chi connectivity index (χ0n) is 16.7. The lowest BCUT2D eigenvalue weighted by molar-refractivity contribution is 0.0916. The second kappa shape index (κ2) is 8.94. The summed E-state index contributed by atoms with van der Waals surface area (Å²) in [6, 6.07) is 13.4. The molecule has 0 saturated carbocycles. The lowest BCUT2D eigenvalue weighted by atomic mass is 10.1. The number of nitrogens with zero attached hydrogens (tertiary/aromatic N) is 2. The number of nitrogens with one attached hydrogen (secondary N) is 1. The molecule has 0 bridgehead atoms. The Labute approximate surface area is 172 Å². The summed E-state index contributed by atoms with van der Waals surface area (Å²) in [5.74, 6) is -0.362. The van der Waals surface area contributed by atoms with Crippen LogP contribution in [-0.4, -0.2) is 57.5 Å². The third-order valence-electron chi connectivity index (χ3n) is 5.07. The Morgan fingerprint density at radius 1 is 1.07 bits per heavy atom. The molecule has 8 heteroatoms. The van der Waals surface area contributed by atoms with Gasteiger partial charge in [0.2, 0.25) is 10.0 Å². The number of hydrogen-bond acceptors (Lipinski definition) is 5. The fraction of sp³-hybridized carbons (Fsp3) is 0.381. The van der Waals surface area contributed by atoms with E-state index in [0.29, 0.717) is 24.2 Å². The molecule has 0 spiro atoms. The van der Waals surface area contributed by atoms with Gasteiger partial charge < -0.3 is 15.3 Å². The number of anilines is 1. The van der Waals surface area contributed by atoms with Gasteiger partial charge >= 0.3 is 0 Å². The SMILES string of the molecule is CN(C)c1ccc(C(O)CNC(=O)c2ccc(S(=O)(=O)N3CCCC3)cc2)cc1. The predicted molar refractivity (Wildman–Crippen MR) is 112 cm³/mol. The molecule has 2 aromatic rings. The normalized spacial score (nSPS) is 15.8. The van der Waals surface area contributed by atoms with Gasteiger partial charge in [-0.1, -0.05) is 12.1 Å². The number of benzene rings is 2. The van der Waals surface area contributed by atoms with Crippen molar-refractivity contribution in [2.45, 2.75) is 23.8 Å². The topological polar surface area (TPSA) is 90.0 Å². The third-order valence-corrected chi connectivity index (χ3v) is 6.98. The molecule has 29 heavy (non-hydrogen) atoms. The molecule has 3 rings (SSSR count). The first-order valence-electron chi connectivity index (χ1n) is 9.63. The van der Waals surface area contributed by atoms with Crippen molar-refractivity contribution in [3.8, 4) is 0 Å². The minimum Gasteiger partial charge on any atom is -0.387 e. The maximum atomic E-state index is 12.5. The highest BCUT2D eigenvalue weighted by molar-refractivity contribution is 7.89. The van der Waals surface area contributed by atoms with Crippen molar-refractivity contribution in [2.24, 2.45) is 0 Å². The number of carbonyl (C=O) groups excluding carboxylic acids is 1. The van der Waals surface area contributed by atoms with E-state index in [4.69, 9.17) is 0 Å². The lowest BCUT2D eigenvalue weighted by Gasteiger charge is -2.16.